The molecule has 0 saturated carbocycles. The molecule has 1 unspecified atom stereocenters. The quantitative estimate of drug-likeness (QED) is 0.914. The summed E-state index contributed by atoms with van der Waals surface area (Å²) in [6, 6.07) is 10.6. The molecule has 0 aliphatic heterocycles. The number of benzene rings is 1. The monoisotopic (exact) mass is 259 g/mol. The summed E-state index contributed by atoms with van der Waals surface area (Å²) < 4.78 is 6.02. The lowest BCUT2D eigenvalue weighted by molar-refractivity contribution is 0.218. The summed E-state index contributed by atoms with van der Waals surface area (Å²) in [7, 11) is 0. The molecule has 2 nitrogen and oxygen atoms in total. The van der Waals surface area contributed by atoms with Crippen LogP contribution in [0.1, 0.15) is 28.5 Å². The van der Waals surface area contributed by atoms with E-state index in [0.29, 0.717) is 6.54 Å². The van der Waals surface area contributed by atoms with Crippen molar-refractivity contribution in [3.8, 4) is 5.75 Å². The summed E-state index contributed by atoms with van der Waals surface area (Å²) in [5, 5.41) is 2.06. The van der Waals surface area contributed by atoms with Crippen LogP contribution in [-0.4, -0.2) is 6.54 Å². The van der Waals surface area contributed by atoms with Crippen LogP contribution in [0.25, 0.3) is 0 Å². The van der Waals surface area contributed by atoms with Crippen LogP contribution in [-0.2, 0) is 12.8 Å². The molecule has 1 aliphatic carbocycles. The summed E-state index contributed by atoms with van der Waals surface area (Å²) in [6.45, 7) is 0.512. The Hall–Kier alpha value is -1.32. The van der Waals surface area contributed by atoms with E-state index in [1.165, 1.54) is 35.3 Å². The highest BCUT2D eigenvalue weighted by molar-refractivity contribution is 7.10. The highest BCUT2D eigenvalue weighted by Crippen LogP contribution is 2.29. The standard InChI is InChI=1S/C15H17NOS/c16-10-14(15-5-2-8-18-15)17-13-7-6-11-3-1-4-12(11)9-13/h2,5-9,14H,1,3-4,10,16H2. The van der Waals surface area contributed by atoms with Crippen LogP contribution in [0.2, 0.25) is 0 Å². The van der Waals surface area contributed by atoms with Crippen molar-refractivity contribution >= 4 is 11.3 Å². The normalized spacial score (nSPS) is 15.4. The molecule has 0 spiro atoms. The second-order valence-electron chi connectivity index (χ2n) is 4.64. The number of rotatable bonds is 4. The Balaban J connectivity index is 1.79. The van der Waals surface area contributed by atoms with Gasteiger partial charge < -0.3 is 10.5 Å². The van der Waals surface area contributed by atoms with Crippen LogP contribution in [0.4, 0.5) is 0 Å². The molecule has 1 aromatic heterocycles. The van der Waals surface area contributed by atoms with E-state index in [1.54, 1.807) is 11.3 Å². The van der Waals surface area contributed by atoms with E-state index in [1.807, 2.05) is 6.07 Å². The van der Waals surface area contributed by atoms with E-state index in [0.717, 1.165) is 5.75 Å². The van der Waals surface area contributed by atoms with Crippen LogP contribution in [0.15, 0.2) is 35.7 Å². The summed E-state index contributed by atoms with van der Waals surface area (Å²) in [4.78, 5) is 1.19. The molecular weight excluding hydrogens is 242 g/mol. The molecule has 0 bridgehead atoms. The molecule has 18 heavy (non-hydrogen) atoms. The zero-order valence-corrected chi connectivity index (χ0v) is 11.1. The number of aryl methyl sites for hydroxylation is 2. The summed E-state index contributed by atoms with van der Waals surface area (Å²) in [5.41, 5.74) is 8.72. The fourth-order valence-electron chi connectivity index (χ4n) is 2.48. The maximum atomic E-state index is 6.02. The van der Waals surface area contributed by atoms with Crippen LogP contribution in [0.3, 0.4) is 0 Å². The SMILES string of the molecule is NCC(Oc1ccc2c(c1)CCC2)c1cccs1. The number of thiophene rings is 1. The summed E-state index contributed by atoms with van der Waals surface area (Å²) in [6.07, 6.45) is 3.63. The summed E-state index contributed by atoms with van der Waals surface area (Å²) in [5.74, 6) is 0.944. The molecule has 2 N–H and O–H groups in total. The lowest BCUT2D eigenvalue weighted by Crippen LogP contribution is -2.17. The lowest BCUT2D eigenvalue weighted by atomic mass is 10.1. The molecular formula is C15H17NOS. The van der Waals surface area contributed by atoms with Crippen molar-refractivity contribution in [1.82, 2.24) is 0 Å². The van der Waals surface area contributed by atoms with Crippen molar-refractivity contribution in [2.75, 3.05) is 6.54 Å². The minimum Gasteiger partial charge on any atom is -0.484 e. The third kappa shape index (κ3) is 2.28. The minimum atomic E-state index is -0.0237. The topological polar surface area (TPSA) is 35.2 Å². The molecule has 94 valence electrons. The number of ether oxygens (including phenoxy) is 1. The smallest absolute Gasteiger partial charge is 0.145 e. The van der Waals surface area contributed by atoms with Gasteiger partial charge in [0.15, 0.2) is 0 Å². The predicted octanol–water partition coefficient (Wildman–Crippen LogP) is 3.32. The highest BCUT2D eigenvalue weighted by Gasteiger charge is 2.15. The molecule has 0 amide bonds. The van der Waals surface area contributed by atoms with Crippen molar-refractivity contribution in [2.24, 2.45) is 5.73 Å². The van der Waals surface area contributed by atoms with Crippen molar-refractivity contribution < 1.29 is 4.74 Å². The fourth-order valence-corrected chi connectivity index (χ4v) is 3.25. The number of hydrogen-bond acceptors (Lipinski definition) is 3. The van der Waals surface area contributed by atoms with Gasteiger partial charge in [0.1, 0.15) is 11.9 Å². The Bertz CT molecular complexity index is 521. The molecule has 1 heterocycles. The lowest BCUT2D eigenvalue weighted by Gasteiger charge is -2.16. The molecule has 1 aromatic carbocycles. The number of hydrogen-bond donors (Lipinski definition) is 1. The molecule has 0 radical (unpaired) electrons. The first kappa shape index (κ1) is 11.8. The van der Waals surface area contributed by atoms with Gasteiger partial charge in [-0.15, -0.1) is 11.3 Å². The Morgan fingerprint density at radius 1 is 1.22 bits per heavy atom. The molecule has 2 aromatic rings. The van der Waals surface area contributed by atoms with Gasteiger partial charge in [-0.05, 0) is 54.0 Å². The van der Waals surface area contributed by atoms with Crippen molar-refractivity contribution in [1.29, 1.82) is 0 Å². The summed E-state index contributed by atoms with van der Waals surface area (Å²) >= 11 is 1.70. The third-order valence-corrected chi connectivity index (χ3v) is 4.39. The molecule has 3 heteroatoms. The Morgan fingerprint density at radius 2 is 2.11 bits per heavy atom. The van der Waals surface area contributed by atoms with Crippen molar-refractivity contribution in [3.63, 3.8) is 0 Å². The fraction of sp³-hybridized carbons (Fsp3) is 0.333. The van der Waals surface area contributed by atoms with Crippen LogP contribution in [0, 0.1) is 0 Å². The largest absolute Gasteiger partial charge is 0.484 e. The zero-order valence-electron chi connectivity index (χ0n) is 10.3. The molecule has 0 saturated heterocycles. The Kier molecular flexibility index (Phi) is 3.35. The van der Waals surface area contributed by atoms with Crippen LogP contribution in [0.5, 0.6) is 5.75 Å². The van der Waals surface area contributed by atoms with Gasteiger partial charge in [0, 0.05) is 11.4 Å². The van der Waals surface area contributed by atoms with Gasteiger partial charge in [-0.25, -0.2) is 0 Å². The average Bonchev–Trinajstić information content (AvgIpc) is 3.06. The first-order valence-electron chi connectivity index (χ1n) is 6.39. The first-order valence-corrected chi connectivity index (χ1v) is 7.26. The number of fused-ring (bicyclic) bond motifs is 1. The van der Waals surface area contributed by atoms with Gasteiger partial charge in [0.25, 0.3) is 0 Å². The van der Waals surface area contributed by atoms with Gasteiger partial charge >= 0.3 is 0 Å². The van der Waals surface area contributed by atoms with Crippen molar-refractivity contribution in [2.45, 2.75) is 25.4 Å². The van der Waals surface area contributed by atoms with Gasteiger partial charge in [0.05, 0.1) is 0 Å². The zero-order chi connectivity index (χ0) is 12.4. The van der Waals surface area contributed by atoms with E-state index in [4.69, 9.17) is 10.5 Å². The van der Waals surface area contributed by atoms with Gasteiger partial charge in [-0.1, -0.05) is 12.1 Å². The second kappa shape index (κ2) is 5.12. The predicted molar refractivity (Wildman–Crippen MR) is 75.2 cm³/mol. The molecule has 3 rings (SSSR count). The van der Waals surface area contributed by atoms with Gasteiger partial charge in [0.2, 0.25) is 0 Å². The second-order valence-corrected chi connectivity index (χ2v) is 5.62. The maximum Gasteiger partial charge on any atom is 0.145 e. The van der Waals surface area contributed by atoms with Gasteiger partial charge in [-0.2, -0.15) is 0 Å². The molecule has 0 fully saturated rings. The Morgan fingerprint density at radius 3 is 2.89 bits per heavy atom. The molecule has 1 atom stereocenters. The van der Waals surface area contributed by atoms with E-state index >= 15 is 0 Å². The van der Waals surface area contributed by atoms with Crippen LogP contribution >= 0.6 is 11.3 Å². The maximum absolute atomic E-state index is 6.02. The highest BCUT2D eigenvalue weighted by atomic mass is 32.1. The number of nitrogens with two attached hydrogens (primary N) is 1. The van der Waals surface area contributed by atoms with Crippen molar-refractivity contribution in [3.05, 3.63) is 51.7 Å². The van der Waals surface area contributed by atoms with Gasteiger partial charge in [-0.3, -0.25) is 0 Å². The van der Waals surface area contributed by atoms with Crippen LogP contribution < -0.4 is 10.5 Å². The van der Waals surface area contributed by atoms with E-state index < -0.39 is 0 Å². The van der Waals surface area contributed by atoms with E-state index in [-0.39, 0.29) is 6.10 Å². The molecule has 1 aliphatic rings. The Labute approximate surface area is 111 Å². The minimum absolute atomic E-state index is 0.0237. The third-order valence-electron chi connectivity index (χ3n) is 3.42. The average molecular weight is 259 g/mol. The van der Waals surface area contributed by atoms with E-state index in [9.17, 15) is 0 Å². The van der Waals surface area contributed by atoms with E-state index in [2.05, 4.69) is 29.6 Å². The first-order chi connectivity index (χ1) is 8.86.